The van der Waals surface area contributed by atoms with Gasteiger partial charge < -0.3 is 4.57 Å². The average Bonchev–Trinajstić information content (AvgIpc) is 2.95. The number of aryl methyl sites for hydroxylation is 2. The SMILES string of the molecule is Cc1nc(-c2cc(C)n(-c3ccccc3)c2C)cs1. The fourth-order valence-electron chi connectivity index (χ4n) is 2.48. The van der Waals surface area contributed by atoms with E-state index in [2.05, 4.69) is 59.1 Å². The number of thiazole rings is 1. The van der Waals surface area contributed by atoms with Gasteiger partial charge in [-0.15, -0.1) is 11.3 Å². The quantitative estimate of drug-likeness (QED) is 0.668. The molecule has 0 amide bonds. The second kappa shape index (κ2) is 4.67. The van der Waals surface area contributed by atoms with Gasteiger partial charge >= 0.3 is 0 Å². The molecule has 3 aromatic rings. The Bertz CT molecular complexity index is 708. The highest BCUT2D eigenvalue weighted by Gasteiger charge is 2.13. The highest BCUT2D eigenvalue weighted by atomic mass is 32.1. The molecule has 96 valence electrons. The van der Waals surface area contributed by atoms with Crippen LogP contribution in [0.3, 0.4) is 0 Å². The molecule has 1 aromatic carbocycles. The second-order valence-corrected chi connectivity index (χ2v) is 5.77. The Hall–Kier alpha value is -1.87. The zero-order valence-electron chi connectivity index (χ0n) is 11.3. The molecule has 0 spiro atoms. The monoisotopic (exact) mass is 268 g/mol. The first-order valence-corrected chi connectivity index (χ1v) is 7.21. The summed E-state index contributed by atoms with van der Waals surface area (Å²) in [5.74, 6) is 0. The minimum Gasteiger partial charge on any atom is -0.318 e. The molecule has 2 aromatic heterocycles. The van der Waals surface area contributed by atoms with Crippen LogP contribution in [-0.2, 0) is 0 Å². The van der Waals surface area contributed by atoms with Crippen LogP contribution in [0.15, 0.2) is 41.8 Å². The zero-order chi connectivity index (χ0) is 13.4. The topological polar surface area (TPSA) is 17.8 Å². The van der Waals surface area contributed by atoms with Gasteiger partial charge in [0.1, 0.15) is 0 Å². The number of para-hydroxylation sites is 1. The molecule has 0 saturated heterocycles. The molecule has 3 rings (SSSR count). The van der Waals surface area contributed by atoms with Gasteiger partial charge in [-0.3, -0.25) is 0 Å². The van der Waals surface area contributed by atoms with Crippen LogP contribution >= 0.6 is 11.3 Å². The lowest BCUT2D eigenvalue weighted by atomic mass is 10.2. The highest BCUT2D eigenvalue weighted by molar-refractivity contribution is 7.09. The van der Waals surface area contributed by atoms with E-state index in [1.54, 1.807) is 11.3 Å². The van der Waals surface area contributed by atoms with Gasteiger partial charge in [0.2, 0.25) is 0 Å². The molecule has 0 aliphatic heterocycles. The van der Waals surface area contributed by atoms with Gasteiger partial charge in [-0.05, 0) is 39.0 Å². The summed E-state index contributed by atoms with van der Waals surface area (Å²) >= 11 is 1.70. The van der Waals surface area contributed by atoms with Crippen LogP contribution in [0.1, 0.15) is 16.4 Å². The number of hydrogen-bond donors (Lipinski definition) is 0. The molecule has 0 unspecified atom stereocenters. The summed E-state index contributed by atoms with van der Waals surface area (Å²) in [6.07, 6.45) is 0. The van der Waals surface area contributed by atoms with Crippen molar-refractivity contribution in [2.24, 2.45) is 0 Å². The van der Waals surface area contributed by atoms with Crippen molar-refractivity contribution in [3.63, 3.8) is 0 Å². The van der Waals surface area contributed by atoms with Crippen LogP contribution in [0.25, 0.3) is 16.9 Å². The van der Waals surface area contributed by atoms with Crippen molar-refractivity contribution >= 4 is 11.3 Å². The van der Waals surface area contributed by atoms with E-state index in [1.165, 1.54) is 22.6 Å². The fourth-order valence-corrected chi connectivity index (χ4v) is 3.10. The summed E-state index contributed by atoms with van der Waals surface area (Å²) in [7, 11) is 0. The lowest BCUT2D eigenvalue weighted by Gasteiger charge is -2.09. The molecule has 0 fully saturated rings. The number of nitrogens with zero attached hydrogens (tertiary/aromatic N) is 2. The van der Waals surface area contributed by atoms with Crippen molar-refractivity contribution in [2.45, 2.75) is 20.8 Å². The summed E-state index contributed by atoms with van der Waals surface area (Å²) in [5.41, 5.74) is 6.00. The zero-order valence-corrected chi connectivity index (χ0v) is 12.2. The normalized spacial score (nSPS) is 10.9. The van der Waals surface area contributed by atoms with Crippen molar-refractivity contribution in [1.82, 2.24) is 9.55 Å². The third-order valence-corrected chi connectivity index (χ3v) is 4.11. The van der Waals surface area contributed by atoms with Crippen molar-refractivity contribution in [3.8, 4) is 16.9 Å². The Morgan fingerprint density at radius 2 is 1.79 bits per heavy atom. The van der Waals surface area contributed by atoms with Crippen molar-refractivity contribution in [2.75, 3.05) is 0 Å². The van der Waals surface area contributed by atoms with Crippen molar-refractivity contribution in [3.05, 3.63) is 58.2 Å². The van der Waals surface area contributed by atoms with Crippen LogP contribution in [0, 0.1) is 20.8 Å². The standard InChI is InChI=1S/C16H16N2S/c1-11-9-15(16-10-19-13(3)17-16)12(2)18(11)14-7-5-4-6-8-14/h4-10H,1-3H3. The Labute approximate surface area is 117 Å². The van der Waals surface area contributed by atoms with Crippen LogP contribution in [0.4, 0.5) is 0 Å². The molecule has 0 radical (unpaired) electrons. The summed E-state index contributed by atoms with van der Waals surface area (Å²) in [5, 5.41) is 3.24. The van der Waals surface area contributed by atoms with Crippen LogP contribution in [0.5, 0.6) is 0 Å². The minimum absolute atomic E-state index is 1.08. The third kappa shape index (κ3) is 2.10. The fraction of sp³-hybridized carbons (Fsp3) is 0.188. The molecular formula is C16H16N2S. The summed E-state index contributed by atoms with van der Waals surface area (Å²) in [6.45, 7) is 6.34. The van der Waals surface area contributed by atoms with Gasteiger partial charge in [-0.25, -0.2) is 4.98 Å². The van der Waals surface area contributed by atoms with E-state index >= 15 is 0 Å². The smallest absolute Gasteiger partial charge is 0.0901 e. The first-order chi connectivity index (χ1) is 9.16. The van der Waals surface area contributed by atoms with E-state index in [9.17, 15) is 0 Å². The average molecular weight is 268 g/mol. The lowest BCUT2D eigenvalue weighted by molar-refractivity contribution is 0.966. The number of aromatic nitrogens is 2. The second-order valence-electron chi connectivity index (χ2n) is 4.71. The van der Waals surface area contributed by atoms with E-state index in [-0.39, 0.29) is 0 Å². The van der Waals surface area contributed by atoms with E-state index < -0.39 is 0 Å². The maximum Gasteiger partial charge on any atom is 0.0901 e. The molecule has 0 atom stereocenters. The van der Waals surface area contributed by atoms with Gasteiger partial charge in [0.05, 0.1) is 10.7 Å². The van der Waals surface area contributed by atoms with Crippen molar-refractivity contribution < 1.29 is 0 Å². The van der Waals surface area contributed by atoms with Crippen LogP contribution < -0.4 is 0 Å². The molecule has 19 heavy (non-hydrogen) atoms. The molecule has 3 heteroatoms. The number of hydrogen-bond acceptors (Lipinski definition) is 2. The molecule has 0 bridgehead atoms. The Morgan fingerprint density at radius 1 is 1.05 bits per heavy atom. The van der Waals surface area contributed by atoms with Crippen LogP contribution in [-0.4, -0.2) is 9.55 Å². The van der Waals surface area contributed by atoms with Gasteiger partial charge in [0.15, 0.2) is 0 Å². The summed E-state index contributed by atoms with van der Waals surface area (Å²) in [4.78, 5) is 4.60. The first kappa shape index (κ1) is 12.2. The largest absolute Gasteiger partial charge is 0.318 e. The molecule has 2 heterocycles. The molecule has 0 aliphatic rings. The van der Waals surface area contributed by atoms with Gasteiger partial charge in [0.25, 0.3) is 0 Å². The Balaban J connectivity index is 2.16. The minimum atomic E-state index is 1.08. The Kier molecular flexibility index (Phi) is 2.99. The predicted octanol–water partition coefficient (Wildman–Crippen LogP) is 4.53. The molecular weight excluding hydrogens is 252 g/mol. The molecule has 0 N–H and O–H groups in total. The molecule has 0 aliphatic carbocycles. The lowest BCUT2D eigenvalue weighted by Crippen LogP contribution is -1.98. The number of rotatable bonds is 2. The first-order valence-electron chi connectivity index (χ1n) is 6.33. The van der Waals surface area contributed by atoms with E-state index in [1.807, 2.05) is 13.0 Å². The highest BCUT2D eigenvalue weighted by Crippen LogP contribution is 2.29. The van der Waals surface area contributed by atoms with Gasteiger partial charge in [-0.1, -0.05) is 18.2 Å². The van der Waals surface area contributed by atoms with E-state index in [4.69, 9.17) is 0 Å². The maximum absolute atomic E-state index is 4.60. The van der Waals surface area contributed by atoms with Gasteiger partial charge in [-0.2, -0.15) is 0 Å². The number of benzene rings is 1. The van der Waals surface area contributed by atoms with Crippen LogP contribution in [0.2, 0.25) is 0 Å². The predicted molar refractivity (Wildman–Crippen MR) is 81.1 cm³/mol. The van der Waals surface area contributed by atoms with Crippen molar-refractivity contribution in [1.29, 1.82) is 0 Å². The third-order valence-electron chi connectivity index (χ3n) is 3.34. The Morgan fingerprint density at radius 3 is 2.42 bits per heavy atom. The summed E-state index contributed by atoms with van der Waals surface area (Å²) < 4.78 is 2.28. The maximum atomic E-state index is 4.60. The van der Waals surface area contributed by atoms with E-state index in [0.29, 0.717) is 0 Å². The van der Waals surface area contributed by atoms with E-state index in [0.717, 1.165) is 10.7 Å². The molecule has 0 saturated carbocycles. The summed E-state index contributed by atoms with van der Waals surface area (Å²) in [6, 6.07) is 12.7. The molecule has 2 nitrogen and oxygen atoms in total. The van der Waals surface area contributed by atoms with Gasteiger partial charge in [0, 0.05) is 28.0 Å².